The van der Waals surface area contributed by atoms with Gasteiger partial charge in [-0.3, -0.25) is 4.90 Å². The summed E-state index contributed by atoms with van der Waals surface area (Å²) >= 11 is 0. The number of hydrogen-bond acceptors (Lipinski definition) is 2. The molecule has 3 aromatic rings. The van der Waals surface area contributed by atoms with Crippen LogP contribution >= 0.6 is 0 Å². The number of likely N-dealkylation sites (tertiary alicyclic amines) is 1. The number of benzene rings is 2. The van der Waals surface area contributed by atoms with Gasteiger partial charge in [-0.05, 0) is 93.6 Å². The Morgan fingerprint density at radius 2 is 1.46 bits per heavy atom. The first kappa shape index (κ1) is 19.2. The third-order valence-electron chi connectivity index (χ3n) is 6.63. The Labute approximate surface area is 169 Å². The zero-order chi connectivity index (χ0) is 19.7. The molecular weight excluding hydrogens is 342 g/mol. The predicted molar refractivity (Wildman–Crippen MR) is 118 cm³/mol. The average Bonchev–Trinajstić information content (AvgIpc) is 2.84. The molecule has 3 heteroatoms. The van der Waals surface area contributed by atoms with Gasteiger partial charge in [-0.15, -0.1) is 0 Å². The lowest BCUT2D eigenvalue weighted by molar-refractivity contribution is 0.267. The van der Waals surface area contributed by atoms with Crippen LogP contribution in [-0.2, 0) is 13.1 Å². The third-order valence-corrected chi connectivity index (χ3v) is 6.63. The summed E-state index contributed by atoms with van der Waals surface area (Å²) in [5.41, 5.74) is 9.44. The number of fused-ring (bicyclic) bond motifs is 1. The number of hydrogen-bond donors (Lipinski definition) is 0. The van der Waals surface area contributed by atoms with E-state index < -0.39 is 0 Å². The Morgan fingerprint density at radius 3 is 2.14 bits per heavy atom. The van der Waals surface area contributed by atoms with Gasteiger partial charge >= 0.3 is 0 Å². The van der Waals surface area contributed by atoms with E-state index in [0.717, 1.165) is 18.6 Å². The second-order valence-corrected chi connectivity index (χ2v) is 8.53. The van der Waals surface area contributed by atoms with Crippen molar-refractivity contribution in [1.82, 2.24) is 14.5 Å². The summed E-state index contributed by atoms with van der Waals surface area (Å²) in [5.74, 6) is 1.21. The fourth-order valence-electron chi connectivity index (χ4n) is 4.61. The van der Waals surface area contributed by atoms with Crippen LogP contribution in [0.1, 0.15) is 59.3 Å². The summed E-state index contributed by atoms with van der Waals surface area (Å²) in [7, 11) is 0. The number of rotatable bonds is 4. The molecule has 0 radical (unpaired) electrons. The van der Waals surface area contributed by atoms with Crippen LogP contribution in [0.25, 0.3) is 11.0 Å². The van der Waals surface area contributed by atoms with Gasteiger partial charge in [-0.1, -0.05) is 31.0 Å². The lowest BCUT2D eigenvalue weighted by Crippen LogP contribution is -2.26. The van der Waals surface area contributed by atoms with Crippen molar-refractivity contribution >= 4 is 11.0 Å². The van der Waals surface area contributed by atoms with Crippen LogP contribution in [0.2, 0.25) is 0 Å². The van der Waals surface area contributed by atoms with Gasteiger partial charge in [-0.25, -0.2) is 4.98 Å². The largest absolute Gasteiger partial charge is 0.322 e. The highest BCUT2D eigenvalue weighted by Gasteiger charge is 2.18. The van der Waals surface area contributed by atoms with Crippen molar-refractivity contribution in [1.29, 1.82) is 0 Å². The molecule has 0 saturated carbocycles. The molecule has 0 N–H and O–H groups in total. The molecule has 1 aliphatic rings. The zero-order valence-electron chi connectivity index (χ0n) is 17.9. The van der Waals surface area contributed by atoms with Gasteiger partial charge < -0.3 is 4.57 Å². The van der Waals surface area contributed by atoms with Gasteiger partial charge in [0.1, 0.15) is 5.82 Å². The Kier molecular flexibility index (Phi) is 5.54. The van der Waals surface area contributed by atoms with E-state index >= 15 is 0 Å². The van der Waals surface area contributed by atoms with E-state index in [1.165, 1.54) is 77.9 Å². The molecule has 148 valence electrons. The molecule has 1 aromatic heterocycles. The maximum absolute atomic E-state index is 5.06. The number of para-hydroxylation sites is 2. The fraction of sp³-hybridized carbons (Fsp3) is 0.480. The van der Waals surface area contributed by atoms with E-state index in [-0.39, 0.29) is 0 Å². The quantitative estimate of drug-likeness (QED) is 0.584. The van der Waals surface area contributed by atoms with Gasteiger partial charge in [-0.2, -0.15) is 0 Å². The van der Waals surface area contributed by atoms with Gasteiger partial charge in [0.2, 0.25) is 0 Å². The molecule has 0 amide bonds. The first-order valence-corrected chi connectivity index (χ1v) is 10.8. The smallest absolute Gasteiger partial charge is 0.124 e. The maximum Gasteiger partial charge on any atom is 0.124 e. The number of imidazole rings is 1. The standard InChI is InChI=1S/C25H33N3/c1-18-15-19(2)21(4)22(20(18)3)16-28-24-12-8-7-11-23(24)26-25(28)17-27-13-9-5-6-10-14-27/h7-8,11-12,15H,5-6,9-10,13-14,16-17H2,1-4H3. The molecule has 0 bridgehead atoms. The van der Waals surface area contributed by atoms with Gasteiger partial charge in [0.15, 0.2) is 0 Å². The van der Waals surface area contributed by atoms with Crippen molar-refractivity contribution in [3.05, 3.63) is 64.0 Å². The van der Waals surface area contributed by atoms with E-state index in [1.807, 2.05) is 0 Å². The highest BCUT2D eigenvalue weighted by molar-refractivity contribution is 5.76. The minimum absolute atomic E-state index is 0.907. The van der Waals surface area contributed by atoms with Gasteiger partial charge in [0.25, 0.3) is 0 Å². The third kappa shape index (κ3) is 3.73. The van der Waals surface area contributed by atoms with E-state index in [9.17, 15) is 0 Å². The van der Waals surface area contributed by atoms with Crippen LogP contribution in [0.4, 0.5) is 0 Å². The molecule has 3 nitrogen and oxygen atoms in total. The van der Waals surface area contributed by atoms with Crippen LogP contribution in [0, 0.1) is 27.7 Å². The minimum Gasteiger partial charge on any atom is -0.322 e. The van der Waals surface area contributed by atoms with E-state index in [1.54, 1.807) is 0 Å². The van der Waals surface area contributed by atoms with Crippen LogP contribution in [0.5, 0.6) is 0 Å². The summed E-state index contributed by atoms with van der Waals surface area (Å²) < 4.78 is 2.47. The van der Waals surface area contributed by atoms with Crippen molar-refractivity contribution in [3.8, 4) is 0 Å². The van der Waals surface area contributed by atoms with E-state index in [0.29, 0.717) is 0 Å². The molecule has 1 aliphatic heterocycles. The first-order valence-electron chi connectivity index (χ1n) is 10.8. The van der Waals surface area contributed by atoms with Crippen LogP contribution in [0.15, 0.2) is 30.3 Å². The van der Waals surface area contributed by atoms with Crippen molar-refractivity contribution in [2.45, 2.75) is 66.5 Å². The van der Waals surface area contributed by atoms with Crippen LogP contribution in [0.3, 0.4) is 0 Å². The molecule has 0 spiro atoms. The molecule has 0 aliphatic carbocycles. The van der Waals surface area contributed by atoms with Crippen molar-refractivity contribution in [2.24, 2.45) is 0 Å². The summed E-state index contributed by atoms with van der Waals surface area (Å²) in [6.07, 6.45) is 5.37. The number of aromatic nitrogens is 2. The fourth-order valence-corrected chi connectivity index (χ4v) is 4.61. The molecule has 2 aromatic carbocycles. The monoisotopic (exact) mass is 375 g/mol. The second kappa shape index (κ2) is 8.08. The lowest BCUT2D eigenvalue weighted by Gasteiger charge is -2.22. The average molecular weight is 376 g/mol. The lowest BCUT2D eigenvalue weighted by atomic mass is 9.94. The SMILES string of the molecule is Cc1cc(C)c(C)c(Cn2c(CN3CCCCCC3)nc3ccccc32)c1C. The number of aryl methyl sites for hydroxylation is 2. The molecular formula is C25H33N3. The normalized spacial score (nSPS) is 15.9. The summed E-state index contributed by atoms with van der Waals surface area (Å²) in [5, 5.41) is 0. The highest BCUT2D eigenvalue weighted by atomic mass is 15.2. The molecule has 1 fully saturated rings. The Morgan fingerprint density at radius 1 is 0.821 bits per heavy atom. The Bertz CT molecular complexity index is 949. The van der Waals surface area contributed by atoms with Crippen molar-refractivity contribution < 1.29 is 0 Å². The summed E-state index contributed by atoms with van der Waals surface area (Å²) in [6.45, 7) is 13.3. The Hall–Kier alpha value is -2.13. The van der Waals surface area contributed by atoms with Crippen LogP contribution in [-0.4, -0.2) is 27.5 Å². The van der Waals surface area contributed by atoms with Crippen LogP contribution < -0.4 is 0 Å². The first-order chi connectivity index (χ1) is 13.5. The molecule has 1 saturated heterocycles. The second-order valence-electron chi connectivity index (χ2n) is 8.53. The van der Waals surface area contributed by atoms with Crippen molar-refractivity contribution in [3.63, 3.8) is 0 Å². The maximum atomic E-state index is 5.06. The summed E-state index contributed by atoms with van der Waals surface area (Å²) in [6, 6.07) is 10.9. The molecule has 0 unspecified atom stereocenters. The number of nitrogens with zero attached hydrogens (tertiary/aromatic N) is 3. The predicted octanol–water partition coefficient (Wildman–Crippen LogP) is 5.69. The van der Waals surface area contributed by atoms with E-state index in [2.05, 4.69) is 67.5 Å². The van der Waals surface area contributed by atoms with E-state index in [4.69, 9.17) is 4.98 Å². The molecule has 0 atom stereocenters. The van der Waals surface area contributed by atoms with Crippen molar-refractivity contribution in [2.75, 3.05) is 13.1 Å². The molecule has 2 heterocycles. The molecule has 4 rings (SSSR count). The zero-order valence-corrected chi connectivity index (χ0v) is 17.9. The van der Waals surface area contributed by atoms with Gasteiger partial charge in [0.05, 0.1) is 17.6 Å². The van der Waals surface area contributed by atoms with Gasteiger partial charge in [0, 0.05) is 6.54 Å². The minimum atomic E-state index is 0.907. The topological polar surface area (TPSA) is 21.1 Å². The highest BCUT2D eigenvalue weighted by Crippen LogP contribution is 2.26. The molecule has 28 heavy (non-hydrogen) atoms. The summed E-state index contributed by atoms with van der Waals surface area (Å²) in [4.78, 5) is 7.66. The Balaban J connectivity index is 1.76.